The highest BCUT2D eigenvalue weighted by molar-refractivity contribution is 9.10. The summed E-state index contributed by atoms with van der Waals surface area (Å²) in [5.41, 5.74) is 1.48. The van der Waals surface area contributed by atoms with Crippen molar-refractivity contribution in [3.05, 3.63) is 63.1 Å². The summed E-state index contributed by atoms with van der Waals surface area (Å²) in [4.78, 5) is 27.0. The van der Waals surface area contributed by atoms with Gasteiger partial charge in [-0.15, -0.1) is 0 Å². The first-order valence-corrected chi connectivity index (χ1v) is 9.58. The van der Waals surface area contributed by atoms with E-state index >= 15 is 0 Å². The molecule has 2 aromatic rings. The SMILES string of the molecule is O=C1NC2(CCN(C(=O)c3cccc(Br)c3)CC2)Nc2ccc(Cl)cc21. The summed E-state index contributed by atoms with van der Waals surface area (Å²) in [6.45, 7) is 1.14. The molecule has 0 aromatic heterocycles. The molecular weight excluding hydrogens is 418 g/mol. The summed E-state index contributed by atoms with van der Waals surface area (Å²) >= 11 is 9.39. The van der Waals surface area contributed by atoms with Crippen molar-refractivity contribution in [1.82, 2.24) is 10.2 Å². The lowest BCUT2D eigenvalue weighted by Crippen LogP contribution is -2.62. The molecule has 2 aromatic carbocycles. The summed E-state index contributed by atoms with van der Waals surface area (Å²) in [7, 11) is 0. The number of hydrogen-bond donors (Lipinski definition) is 2. The second-order valence-corrected chi connectivity index (χ2v) is 8.01. The Balaban J connectivity index is 1.49. The predicted octanol–water partition coefficient (Wildman–Crippen LogP) is 3.89. The Kier molecular flexibility index (Phi) is 4.40. The van der Waals surface area contributed by atoms with E-state index in [1.54, 1.807) is 12.1 Å². The zero-order valence-corrected chi connectivity index (χ0v) is 16.2. The Labute approximate surface area is 164 Å². The van der Waals surface area contributed by atoms with Crippen LogP contribution in [0.5, 0.6) is 0 Å². The number of fused-ring (bicyclic) bond motifs is 1. The van der Waals surface area contributed by atoms with E-state index in [0.717, 1.165) is 10.2 Å². The second kappa shape index (κ2) is 6.59. The molecule has 134 valence electrons. The van der Waals surface area contributed by atoms with Gasteiger partial charge in [0.25, 0.3) is 11.8 Å². The van der Waals surface area contributed by atoms with Gasteiger partial charge in [0, 0.05) is 46.7 Å². The average molecular weight is 435 g/mol. The third-order valence-electron chi connectivity index (χ3n) is 4.93. The van der Waals surface area contributed by atoms with Gasteiger partial charge in [0.05, 0.1) is 5.56 Å². The molecule has 0 bridgehead atoms. The Morgan fingerprint density at radius 3 is 2.62 bits per heavy atom. The maximum Gasteiger partial charge on any atom is 0.255 e. The van der Waals surface area contributed by atoms with Crippen LogP contribution in [0.4, 0.5) is 5.69 Å². The monoisotopic (exact) mass is 433 g/mol. The van der Waals surface area contributed by atoms with Crippen molar-refractivity contribution in [2.24, 2.45) is 0 Å². The smallest absolute Gasteiger partial charge is 0.255 e. The van der Waals surface area contributed by atoms with Crippen LogP contribution in [0, 0.1) is 0 Å². The molecule has 2 N–H and O–H groups in total. The van der Waals surface area contributed by atoms with E-state index in [-0.39, 0.29) is 11.8 Å². The van der Waals surface area contributed by atoms with Crippen molar-refractivity contribution in [1.29, 1.82) is 0 Å². The van der Waals surface area contributed by atoms with E-state index < -0.39 is 5.66 Å². The van der Waals surface area contributed by atoms with Crippen LogP contribution in [0.3, 0.4) is 0 Å². The summed E-state index contributed by atoms with van der Waals surface area (Å²) in [5.74, 6) is -0.122. The molecule has 2 amide bonds. The Morgan fingerprint density at radius 2 is 1.88 bits per heavy atom. The number of halogens is 2. The van der Waals surface area contributed by atoms with Crippen molar-refractivity contribution in [3.8, 4) is 0 Å². The molecule has 0 aliphatic carbocycles. The lowest BCUT2D eigenvalue weighted by Gasteiger charge is -2.46. The zero-order valence-electron chi connectivity index (χ0n) is 13.9. The number of rotatable bonds is 1. The first-order chi connectivity index (χ1) is 12.5. The third kappa shape index (κ3) is 3.19. The van der Waals surface area contributed by atoms with E-state index in [1.165, 1.54) is 0 Å². The topological polar surface area (TPSA) is 61.4 Å². The van der Waals surface area contributed by atoms with Gasteiger partial charge in [0.1, 0.15) is 5.66 Å². The van der Waals surface area contributed by atoms with E-state index in [0.29, 0.717) is 42.1 Å². The highest BCUT2D eigenvalue weighted by atomic mass is 79.9. The van der Waals surface area contributed by atoms with Crippen LogP contribution in [0.1, 0.15) is 33.6 Å². The normalized spacial score (nSPS) is 18.1. The molecule has 0 unspecified atom stereocenters. The zero-order chi connectivity index (χ0) is 18.3. The molecule has 2 aliphatic heterocycles. The fourth-order valence-corrected chi connectivity index (χ4v) is 4.10. The molecule has 1 spiro atoms. The van der Waals surface area contributed by atoms with Gasteiger partial charge in [-0.05, 0) is 36.4 Å². The number of benzene rings is 2. The van der Waals surface area contributed by atoms with E-state index in [4.69, 9.17) is 11.6 Å². The molecule has 0 saturated carbocycles. The van der Waals surface area contributed by atoms with Gasteiger partial charge < -0.3 is 15.5 Å². The largest absolute Gasteiger partial charge is 0.362 e. The van der Waals surface area contributed by atoms with Crippen molar-refractivity contribution < 1.29 is 9.59 Å². The van der Waals surface area contributed by atoms with E-state index in [2.05, 4.69) is 26.6 Å². The molecule has 1 fully saturated rings. The number of nitrogens with zero attached hydrogens (tertiary/aromatic N) is 1. The van der Waals surface area contributed by atoms with Gasteiger partial charge >= 0.3 is 0 Å². The second-order valence-electron chi connectivity index (χ2n) is 6.65. The van der Waals surface area contributed by atoms with E-state index in [1.807, 2.05) is 35.2 Å². The minimum absolute atomic E-state index is 0.00969. The number of piperidine rings is 1. The standard InChI is InChI=1S/C19H17BrClN3O2/c20-13-3-1-2-12(10-13)18(26)24-8-6-19(7-9-24)22-16-5-4-14(21)11-15(16)17(25)23-19/h1-5,10-11,22H,6-9H2,(H,23,25). The fourth-order valence-electron chi connectivity index (χ4n) is 3.53. The van der Waals surface area contributed by atoms with Gasteiger partial charge in [-0.2, -0.15) is 0 Å². The molecule has 0 radical (unpaired) electrons. The molecule has 2 aliphatic rings. The molecule has 2 heterocycles. The Morgan fingerprint density at radius 1 is 1.12 bits per heavy atom. The van der Waals surface area contributed by atoms with Crippen LogP contribution in [0.25, 0.3) is 0 Å². The highest BCUT2D eigenvalue weighted by Crippen LogP contribution is 2.33. The molecule has 0 atom stereocenters. The summed E-state index contributed by atoms with van der Waals surface area (Å²) in [6.07, 6.45) is 1.28. The first-order valence-electron chi connectivity index (χ1n) is 8.41. The van der Waals surface area contributed by atoms with Crippen molar-refractivity contribution in [3.63, 3.8) is 0 Å². The highest BCUT2D eigenvalue weighted by Gasteiger charge is 2.41. The maximum atomic E-state index is 12.7. The van der Waals surface area contributed by atoms with Crippen LogP contribution in [0.2, 0.25) is 5.02 Å². The number of carbonyl (C=O) groups excluding carboxylic acids is 2. The van der Waals surface area contributed by atoms with Gasteiger partial charge in [0.2, 0.25) is 0 Å². The molecule has 26 heavy (non-hydrogen) atoms. The number of anilines is 1. The maximum absolute atomic E-state index is 12.7. The summed E-state index contributed by atoms with van der Waals surface area (Å²) < 4.78 is 0.883. The van der Waals surface area contributed by atoms with Crippen LogP contribution in [-0.4, -0.2) is 35.5 Å². The number of nitrogens with one attached hydrogen (secondary N) is 2. The lowest BCUT2D eigenvalue weighted by atomic mass is 9.92. The molecular formula is C19H17BrClN3O2. The van der Waals surface area contributed by atoms with Crippen molar-refractivity contribution in [2.75, 3.05) is 18.4 Å². The van der Waals surface area contributed by atoms with Crippen LogP contribution in [-0.2, 0) is 0 Å². The number of carbonyl (C=O) groups is 2. The predicted molar refractivity (Wildman–Crippen MR) is 105 cm³/mol. The van der Waals surface area contributed by atoms with Crippen molar-refractivity contribution in [2.45, 2.75) is 18.5 Å². The lowest BCUT2D eigenvalue weighted by molar-refractivity contribution is 0.0639. The van der Waals surface area contributed by atoms with Gasteiger partial charge in [0.15, 0.2) is 0 Å². The van der Waals surface area contributed by atoms with Crippen molar-refractivity contribution >= 4 is 45.0 Å². The molecule has 5 nitrogen and oxygen atoms in total. The van der Waals surface area contributed by atoms with Gasteiger partial charge in [-0.25, -0.2) is 0 Å². The van der Waals surface area contributed by atoms with Crippen LogP contribution in [0.15, 0.2) is 46.9 Å². The minimum Gasteiger partial charge on any atom is -0.362 e. The Hall–Kier alpha value is -2.05. The molecule has 4 rings (SSSR count). The van der Waals surface area contributed by atoms with Crippen LogP contribution < -0.4 is 10.6 Å². The average Bonchev–Trinajstić information content (AvgIpc) is 2.63. The fraction of sp³-hybridized carbons (Fsp3) is 0.263. The summed E-state index contributed by atoms with van der Waals surface area (Å²) in [5, 5.41) is 7.05. The van der Waals surface area contributed by atoms with Crippen LogP contribution >= 0.6 is 27.5 Å². The van der Waals surface area contributed by atoms with E-state index in [9.17, 15) is 9.59 Å². The number of amides is 2. The quantitative estimate of drug-likeness (QED) is 0.716. The number of hydrogen-bond acceptors (Lipinski definition) is 3. The molecule has 7 heteroatoms. The molecule has 1 saturated heterocycles. The van der Waals surface area contributed by atoms with Gasteiger partial charge in [-0.1, -0.05) is 33.6 Å². The Bertz CT molecular complexity index is 894. The third-order valence-corrected chi connectivity index (χ3v) is 5.66. The van der Waals surface area contributed by atoms with Gasteiger partial charge in [-0.3, -0.25) is 9.59 Å². The first kappa shape index (κ1) is 17.4. The minimum atomic E-state index is -0.522. The summed E-state index contributed by atoms with van der Waals surface area (Å²) in [6, 6.07) is 12.7. The number of likely N-dealkylation sites (tertiary alicyclic amines) is 1.